The molecule has 2 aromatic rings. The lowest BCUT2D eigenvalue weighted by molar-refractivity contribution is 0.169. The number of aryl methyl sites for hydroxylation is 1. The Bertz CT molecular complexity index is 657. The van der Waals surface area contributed by atoms with E-state index in [2.05, 4.69) is 21.0 Å². The number of anilines is 1. The van der Waals surface area contributed by atoms with Gasteiger partial charge in [-0.1, -0.05) is 0 Å². The van der Waals surface area contributed by atoms with Crippen LogP contribution < -0.4 is 15.2 Å². The molecule has 0 spiro atoms. The molecule has 0 unspecified atom stereocenters. The number of halogens is 2. The van der Waals surface area contributed by atoms with Gasteiger partial charge in [0.25, 0.3) is 0 Å². The molecule has 0 fully saturated rings. The van der Waals surface area contributed by atoms with Crippen molar-refractivity contribution in [3.05, 3.63) is 22.6 Å². The van der Waals surface area contributed by atoms with Crippen LogP contribution in [0, 0.1) is 5.82 Å². The molecule has 0 saturated carbocycles. The van der Waals surface area contributed by atoms with Crippen molar-refractivity contribution in [3.63, 3.8) is 0 Å². The summed E-state index contributed by atoms with van der Waals surface area (Å²) in [6.45, 7) is 0.840. The molecule has 1 aliphatic heterocycles. The van der Waals surface area contributed by atoms with Gasteiger partial charge < -0.3 is 15.2 Å². The maximum atomic E-state index is 14.4. The Kier molecular flexibility index (Phi) is 2.85. The predicted octanol–water partition coefficient (Wildman–Crippen LogP) is 2.34. The Morgan fingerprint density at radius 2 is 2.11 bits per heavy atom. The van der Waals surface area contributed by atoms with Gasteiger partial charge >= 0.3 is 0 Å². The van der Waals surface area contributed by atoms with Crippen molar-refractivity contribution in [3.8, 4) is 22.6 Å². The van der Waals surface area contributed by atoms with Crippen molar-refractivity contribution in [2.75, 3.05) is 18.9 Å². The van der Waals surface area contributed by atoms with Crippen LogP contribution in [0.2, 0.25) is 0 Å². The Labute approximate surface area is 117 Å². The van der Waals surface area contributed by atoms with Crippen molar-refractivity contribution in [1.82, 2.24) is 9.78 Å². The van der Waals surface area contributed by atoms with Gasteiger partial charge in [-0.15, -0.1) is 0 Å². The summed E-state index contributed by atoms with van der Waals surface area (Å²) >= 11 is 3.20. The lowest BCUT2D eigenvalue weighted by atomic mass is 10.1. The van der Waals surface area contributed by atoms with Gasteiger partial charge in [0.1, 0.15) is 24.8 Å². The van der Waals surface area contributed by atoms with Crippen LogP contribution in [0.5, 0.6) is 11.5 Å². The minimum Gasteiger partial charge on any atom is -0.486 e. The van der Waals surface area contributed by atoms with Crippen LogP contribution in [0.3, 0.4) is 0 Å². The highest BCUT2D eigenvalue weighted by atomic mass is 79.9. The molecule has 0 saturated heterocycles. The summed E-state index contributed by atoms with van der Waals surface area (Å²) in [7, 11) is 1.70. The SMILES string of the molecule is Cn1ncc(-c2cc3c(c(Br)c2F)OCCO3)c1N. The monoisotopic (exact) mass is 327 g/mol. The minimum atomic E-state index is -0.441. The highest BCUT2D eigenvalue weighted by Gasteiger charge is 2.24. The van der Waals surface area contributed by atoms with Crippen molar-refractivity contribution < 1.29 is 13.9 Å². The molecule has 1 aromatic heterocycles. The van der Waals surface area contributed by atoms with Gasteiger partial charge in [0.2, 0.25) is 0 Å². The second-order valence-electron chi connectivity index (χ2n) is 4.14. The summed E-state index contributed by atoms with van der Waals surface area (Å²) in [6, 6.07) is 1.59. The van der Waals surface area contributed by atoms with Gasteiger partial charge in [0, 0.05) is 18.2 Å². The Morgan fingerprint density at radius 1 is 1.37 bits per heavy atom. The van der Waals surface area contributed by atoms with Crippen molar-refractivity contribution in [1.29, 1.82) is 0 Å². The molecule has 0 bridgehead atoms. The number of aromatic nitrogens is 2. The first-order valence-corrected chi connectivity index (χ1v) is 6.44. The van der Waals surface area contributed by atoms with Crippen LogP contribution in [-0.4, -0.2) is 23.0 Å². The Hall–Kier alpha value is -1.76. The van der Waals surface area contributed by atoms with Gasteiger partial charge in [0.05, 0.1) is 10.7 Å². The van der Waals surface area contributed by atoms with E-state index in [9.17, 15) is 4.39 Å². The lowest BCUT2D eigenvalue weighted by Gasteiger charge is -2.21. The van der Waals surface area contributed by atoms with Gasteiger partial charge in [-0.2, -0.15) is 5.10 Å². The average Bonchev–Trinajstić information content (AvgIpc) is 2.75. The summed E-state index contributed by atoms with van der Waals surface area (Å²) < 4.78 is 27.0. The van der Waals surface area contributed by atoms with E-state index in [-0.39, 0.29) is 4.47 Å². The summed E-state index contributed by atoms with van der Waals surface area (Å²) in [5.41, 5.74) is 6.74. The molecular formula is C12H11BrFN3O2. The molecular weight excluding hydrogens is 317 g/mol. The second-order valence-corrected chi connectivity index (χ2v) is 4.94. The smallest absolute Gasteiger partial charge is 0.178 e. The van der Waals surface area contributed by atoms with E-state index < -0.39 is 5.82 Å². The van der Waals surface area contributed by atoms with Gasteiger partial charge in [-0.3, -0.25) is 4.68 Å². The van der Waals surface area contributed by atoms with Crippen LogP contribution in [-0.2, 0) is 7.05 Å². The number of hydrogen-bond donors (Lipinski definition) is 1. The molecule has 7 heteroatoms. The standard InChI is InChI=1S/C12H11BrFN3O2/c1-17-12(15)7(5-16-17)6-4-8-11(9(13)10(6)14)19-3-2-18-8/h4-5H,2-3,15H2,1H3. The molecule has 1 aromatic carbocycles. The van der Waals surface area contributed by atoms with E-state index in [4.69, 9.17) is 15.2 Å². The molecule has 0 aliphatic carbocycles. The fourth-order valence-electron chi connectivity index (χ4n) is 1.97. The van der Waals surface area contributed by atoms with Crippen molar-refractivity contribution in [2.45, 2.75) is 0 Å². The van der Waals surface area contributed by atoms with Crippen molar-refractivity contribution >= 4 is 21.7 Å². The molecule has 100 valence electrons. The minimum absolute atomic E-state index is 0.239. The molecule has 5 nitrogen and oxygen atoms in total. The molecule has 0 amide bonds. The third-order valence-electron chi connectivity index (χ3n) is 2.99. The number of hydrogen-bond acceptors (Lipinski definition) is 4. The van der Waals surface area contributed by atoms with Crippen molar-refractivity contribution in [2.24, 2.45) is 7.05 Å². The largest absolute Gasteiger partial charge is 0.486 e. The third kappa shape index (κ3) is 1.85. The van der Waals surface area contributed by atoms with Crippen LogP contribution >= 0.6 is 15.9 Å². The van der Waals surface area contributed by atoms with Gasteiger partial charge in [0.15, 0.2) is 11.5 Å². The Balaban J connectivity index is 2.22. The molecule has 2 heterocycles. The maximum Gasteiger partial charge on any atom is 0.178 e. The first-order valence-electron chi connectivity index (χ1n) is 5.65. The van der Waals surface area contributed by atoms with Crippen LogP contribution in [0.4, 0.5) is 10.2 Å². The average molecular weight is 328 g/mol. The molecule has 0 atom stereocenters. The lowest BCUT2D eigenvalue weighted by Crippen LogP contribution is -2.16. The molecule has 1 aliphatic rings. The highest BCUT2D eigenvalue weighted by Crippen LogP contribution is 2.44. The van der Waals surface area contributed by atoms with Gasteiger partial charge in [-0.05, 0) is 22.0 Å². The van der Waals surface area contributed by atoms with E-state index in [0.29, 0.717) is 41.7 Å². The zero-order chi connectivity index (χ0) is 13.6. The number of nitrogen functional groups attached to an aromatic ring is 1. The fraction of sp³-hybridized carbons (Fsp3) is 0.250. The summed E-state index contributed by atoms with van der Waals surface area (Å²) in [5.74, 6) is 0.833. The van der Waals surface area contributed by atoms with E-state index in [0.717, 1.165) is 0 Å². The number of benzene rings is 1. The predicted molar refractivity (Wildman–Crippen MR) is 71.7 cm³/mol. The number of nitrogens with zero attached hydrogens (tertiary/aromatic N) is 2. The van der Waals surface area contributed by atoms with E-state index >= 15 is 0 Å². The summed E-state index contributed by atoms with van der Waals surface area (Å²) in [5, 5.41) is 4.01. The summed E-state index contributed by atoms with van der Waals surface area (Å²) in [4.78, 5) is 0. The molecule has 19 heavy (non-hydrogen) atoms. The number of nitrogens with two attached hydrogens (primary N) is 1. The third-order valence-corrected chi connectivity index (χ3v) is 3.70. The number of rotatable bonds is 1. The quantitative estimate of drug-likeness (QED) is 0.873. The first-order chi connectivity index (χ1) is 9.09. The first kappa shape index (κ1) is 12.3. The summed E-state index contributed by atoms with van der Waals surface area (Å²) in [6.07, 6.45) is 1.52. The van der Waals surface area contributed by atoms with E-state index in [1.165, 1.54) is 10.9 Å². The molecule has 0 radical (unpaired) electrons. The van der Waals surface area contributed by atoms with E-state index in [1.807, 2.05) is 0 Å². The zero-order valence-electron chi connectivity index (χ0n) is 10.1. The highest BCUT2D eigenvalue weighted by molar-refractivity contribution is 9.10. The fourth-order valence-corrected chi connectivity index (χ4v) is 2.50. The topological polar surface area (TPSA) is 62.3 Å². The van der Waals surface area contributed by atoms with Gasteiger partial charge in [-0.25, -0.2) is 4.39 Å². The van der Waals surface area contributed by atoms with Crippen LogP contribution in [0.15, 0.2) is 16.7 Å². The van der Waals surface area contributed by atoms with Crippen LogP contribution in [0.25, 0.3) is 11.1 Å². The molecule has 2 N–H and O–H groups in total. The zero-order valence-corrected chi connectivity index (χ0v) is 11.7. The molecule has 3 rings (SSSR count). The Morgan fingerprint density at radius 3 is 2.79 bits per heavy atom. The number of ether oxygens (including phenoxy) is 2. The second kappa shape index (κ2) is 4.41. The number of fused-ring (bicyclic) bond motifs is 1. The maximum absolute atomic E-state index is 14.4. The normalized spacial score (nSPS) is 13.6. The van der Waals surface area contributed by atoms with E-state index in [1.54, 1.807) is 13.1 Å². The van der Waals surface area contributed by atoms with Crippen LogP contribution in [0.1, 0.15) is 0 Å².